The van der Waals surface area contributed by atoms with Crippen LogP contribution in [0.3, 0.4) is 0 Å². The Morgan fingerprint density at radius 2 is 1.05 bits per heavy atom. The molecule has 4 spiro atoms. The van der Waals surface area contributed by atoms with Crippen LogP contribution in [0.5, 0.6) is 11.5 Å². The highest BCUT2D eigenvalue weighted by Crippen LogP contribution is 2.67. The lowest BCUT2D eigenvalue weighted by Gasteiger charge is -2.27. The number of para-hydroxylation sites is 1. The zero-order valence-corrected chi connectivity index (χ0v) is 36.2. The van der Waals surface area contributed by atoms with E-state index in [0.29, 0.717) is 47.3 Å². The van der Waals surface area contributed by atoms with Crippen molar-refractivity contribution in [3.8, 4) is 11.5 Å². The van der Waals surface area contributed by atoms with E-state index >= 15 is 0 Å². The average Bonchev–Trinajstić information content (AvgIpc) is 4.15. The maximum atomic E-state index is 13.3. The molecule has 8 unspecified atom stereocenters. The molecule has 316 valence electrons. The van der Waals surface area contributed by atoms with E-state index in [1.54, 1.807) is 24.3 Å². The topological polar surface area (TPSA) is 67.9 Å². The van der Waals surface area contributed by atoms with E-state index in [1.807, 2.05) is 50.1 Å². The number of halogens is 3. The largest absolute Gasteiger partial charge is 0.493 e. The van der Waals surface area contributed by atoms with Gasteiger partial charge in [0.25, 0.3) is 0 Å². The van der Waals surface area contributed by atoms with Gasteiger partial charge in [-0.15, -0.1) is 0 Å². The number of likely N-dealkylation sites (N-methyl/N-ethyl adjacent to an activating group) is 1. The van der Waals surface area contributed by atoms with Gasteiger partial charge in [-0.3, -0.25) is 9.59 Å². The molecular weight excluding hydrogens is 762 g/mol. The Hall–Kier alpha value is -4.79. The predicted octanol–water partition coefficient (Wildman–Crippen LogP) is 10.8. The van der Waals surface area contributed by atoms with E-state index in [0.717, 1.165) is 60.1 Å². The molecule has 4 aliphatic carbocycles. The smallest absolute Gasteiger partial charge is 0.238 e. The van der Waals surface area contributed by atoms with Crippen LogP contribution in [0, 0.1) is 64.8 Å². The van der Waals surface area contributed by atoms with Gasteiger partial charge in [-0.2, -0.15) is 0 Å². The molecule has 0 radical (unpaired) electrons. The SMILES string of the molecule is CC1C(C)C12C(=O)N(C)c1ccccc12.CC1C(C)C12C(=O)Nc1ccc(F)cc12.CC1C(C)C12CCOc1cc(F)ccc12.CC1C(C)C12CCOc1ccc(F)cc12. The maximum Gasteiger partial charge on any atom is 0.238 e. The van der Waals surface area contributed by atoms with Crippen LogP contribution in [0.2, 0.25) is 0 Å². The lowest BCUT2D eigenvalue weighted by atomic mass is 9.86. The van der Waals surface area contributed by atoms with Crippen molar-refractivity contribution < 1.29 is 32.2 Å². The molecule has 12 rings (SSSR count). The molecule has 0 saturated heterocycles. The molecule has 8 aliphatic rings. The minimum Gasteiger partial charge on any atom is -0.493 e. The summed E-state index contributed by atoms with van der Waals surface area (Å²) >= 11 is 0. The molecule has 4 aromatic rings. The fourth-order valence-corrected chi connectivity index (χ4v) is 12.8. The summed E-state index contributed by atoms with van der Waals surface area (Å²) < 4.78 is 50.6. The van der Waals surface area contributed by atoms with Crippen LogP contribution in [-0.4, -0.2) is 32.1 Å². The molecule has 9 heteroatoms. The second-order valence-corrected chi connectivity index (χ2v) is 19.1. The van der Waals surface area contributed by atoms with Gasteiger partial charge in [-0.1, -0.05) is 79.7 Å². The van der Waals surface area contributed by atoms with Gasteiger partial charge in [0.2, 0.25) is 11.8 Å². The van der Waals surface area contributed by atoms with Crippen molar-refractivity contribution >= 4 is 23.2 Å². The van der Waals surface area contributed by atoms with Gasteiger partial charge in [0.15, 0.2) is 0 Å². The number of hydrogen-bond acceptors (Lipinski definition) is 4. The summed E-state index contributed by atoms with van der Waals surface area (Å²) in [5.41, 5.74) is 6.10. The highest BCUT2D eigenvalue weighted by atomic mass is 19.1. The van der Waals surface area contributed by atoms with E-state index in [-0.39, 0.29) is 45.5 Å². The van der Waals surface area contributed by atoms with Crippen molar-refractivity contribution in [3.63, 3.8) is 0 Å². The summed E-state index contributed by atoms with van der Waals surface area (Å²) in [5.74, 6) is 5.63. The lowest BCUT2D eigenvalue weighted by Crippen LogP contribution is -2.30. The number of carbonyl (C=O) groups excluding carboxylic acids is 2. The Morgan fingerprint density at radius 3 is 1.63 bits per heavy atom. The molecule has 4 aromatic carbocycles. The van der Waals surface area contributed by atoms with Crippen molar-refractivity contribution in [3.05, 3.63) is 119 Å². The minimum atomic E-state index is -0.447. The molecule has 4 aliphatic heterocycles. The molecule has 4 fully saturated rings. The molecule has 0 aromatic heterocycles. The maximum absolute atomic E-state index is 13.3. The minimum absolute atomic E-state index is 0.0306. The van der Waals surface area contributed by atoms with Crippen LogP contribution in [0.1, 0.15) is 90.5 Å². The fraction of sp³-hybridized carbons (Fsp3) is 0.490. The number of fused-ring (bicyclic) bond motifs is 8. The third-order valence-corrected chi connectivity index (χ3v) is 17.5. The molecular formula is C51H57F3N2O4. The Morgan fingerprint density at radius 1 is 0.550 bits per heavy atom. The highest BCUT2D eigenvalue weighted by molar-refractivity contribution is 6.11. The summed E-state index contributed by atoms with van der Waals surface area (Å²) in [6, 6.07) is 22.6. The Kier molecular flexibility index (Phi) is 9.38. The van der Waals surface area contributed by atoms with E-state index in [1.165, 1.54) is 35.4 Å². The first-order valence-corrected chi connectivity index (χ1v) is 21.9. The number of rotatable bonds is 0. The lowest BCUT2D eigenvalue weighted by molar-refractivity contribution is -0.120. The number of nitrogens with zero attached hydrogens (tertiary/aromatic N) is 1. The summed E-state index contributed by atoms with van der Waals surface area (Å²) in [6.07, 6.45) is 2.11. The van der Waals surface area contributed by atoms with Gasteiger partial charge in [-0.05, 0) is 120 Å². The number of amides is 2. The summed E-state index contributed by atoms with van der Waals surface area (Å²) in [7, 11) is 1.88. The number of hydrogen-bond donors (Lipinski definition) is 1. The van der Waals surface area contributed by atoms with Gasteiger partial charge >= 0.3 is 0 Å². The van der Waals surface area contributed by atoms with Crippen molar-refractivity contribution in [1.29, 1.82) is 0 Å². The van der Waals surface area contributed by atoms with Crippen LogP contribution in [-0.2, 0) is 31.2 Å². The van der Waals surface area contributed by atoms with Gasteiger partial charge in [-0.25, -0.2) is 13.2 Å². The molecule has 60 heavy (non-hydrogen) atoms. The summed E-state index contributed by atoms with van der Waals surface area (Å²) in [6.45, 7) is 19.0. The van der Waals surface area contributed by atoms with Crippen molar-refractivity contribution in [2.24, 2.45) is 47.3 Å². The predicted molar refractivity (Wildman–Crippen MR) is 228 cm³/mol. The Bertz CT molecular complexity index is 2380. The first kappa shape index (κ1) is 40.6. The number of nitrogens with one attached hydrogen (secondary N) is 1. The highest BCUT2D eigenvalue weighted by Gasteiger charge is 2.70. The number of carbonyl (C=O) groups is 2. The molecule has 6 nitrogen and oxygen atoms in total. The molecule has 8 atom stereocenters. The number of ether oxygens (including phenoxy) is 2. The zero-order chi connectivity index (χ0) is 42.8. The number of benzene rings is 4. The number of anilines is 2. The van der Waals surface area contributed by atoms with Crippen molar-refractivity contribution in [2.75, 3.05) is 30.5 Å². The normalized spacial score (nSPS) is 37.1. The van der Waals surface area contributed by atoms with Crippen LogP contribution >= 0.6 is 0 Å². The monoisotopic (exact) mass is 818 g/mol. The van der Waals surface area contributed by atoms with Crippen LogP contribution in [0.25, 0.3) is 0 Å². The van der Waals surface area contributed by atoms with Gasteiger partial charge < -0.3 is 19.7 Å². The van der Waals surface area contributed by atoms with Crippen molar-refractivity contribution in [2.45, 2.75) is 89.9 Å². The zero-order valence-electron chi connectivity index (χ0n) is 36.2. The summed E-state index contributed by atoms with van der Waals surface area (Å²) in [4.78, 5) is 26.0. The van der Waals surface area contributed by atoms with Crippen LogP contribution in [0.15, 0.2) is 78.9 Å². The molecule has 0 bridgehead atoms. The Balaban J connectivity index is 0.000000103. The van der Waals surface area contributed by atoms with E-state index < -0.39 is 5.41 Å². The van der Waals surface area contributed by atoms with Gasteiger partial charge in [0.05, 0.1) is 24.0 Å². The molecule has 4 heterocycles. The summed E-state index contributed by atoms with van der Waals surface area (Å²) in [5, 5.41) is 2.83. The molecule has 4 saturated carbocycles. The van der Waals surface area contributed by atoms with Crippen molar-refractivity contribution in [1.82, 2.24) is 0 Å². The third kappa shape index (κ3) is 5.45. The fourth-order valence-electron chi connectivity index (χ4n) is 12.8. The van der Waals surface area contributed by atoms with Gasteiger partial charge in [0.1, 0.15) is 29.0 Å². The van der Waals surface area contributed by atoms with Gasteiger partial charge in [0, 0.05) is 46.4 Å². The quantitative estimate of drug-likeness (QED) is 0.192. The first-order chi connectivity index (χ1) is 28.5. The van der Waals surface area contributed by atoms with Crippen LogP contribution in [0.4, 0.5) is 24.5 Å². The van der Waals surface area contributed by atoms with E-state index in [2.05, 4.69) is 52.9 Å². The second-order valence-electron chi connectivity index (χ2n) is 19.1. The molecule has 2 amide bonds. The van der Waals surface area contributed by atoms with E-state index in [4.69, 9.17) is 9.47 Å². The standard InChI is InChI=1S/2C13H15FO.C13H15NO.C12H12FNO/c1-8-9(2)13(8)5-6-15-12-4-3-10(14)7-11(12)13;1-8-9(2)13(8)5-6-15-12-7-10(14)3-4-11(12)13;1-8-9(2)13(8)10-6-4-5-7-11(10)14(3)12(13)15;1-6-7(2)12(6)9-5-8(13)3-4-10(9)14-11(12)15/h2*3-4,7-9H,5-6H2,1-2H3;4-9H,1-3H3;3-7H,1-2H3,(H,14,15). The Labute approximate surface area is 352 Å². The first-order valence-electron chi connectivity index (χ1n) is 21.9. The third-order valence-electron chi connectivity index (χ3n) is 17.5. The average molecular weight is 819 g/mol. The van der Waals surface area contributed by atoms with Crippen LogP contribution < -0.4 is 19.7 Å². The second kappa shape index (κ2) is 13.9. The molecule has 1 N–H and O–H groups in total. The van der Waals surface area contributed by atoms with E-state index in [9.17, 15) is 22.8 Å².